The molecule has 0 saturated carbocycles. The minimum atomic E-state index is -0.396. The van der Waals surface area contributed by atoms with Crippen molar-refractivity contribution in [3.8, 4) is 0 Å². The Morgan fingerprint density at radius 3 is 1.54 bits per heavy atom. The molecule has 0 aliphatic rings. The average Bonchev–Trinajstić information content (AvgIpc) is 2.98. The van der Waals surface area contributed by atoms with Crippen LogP contribution in [0.1, 0.15) is 47.8 Å². The number of nitrogens with two attached hydrogens (primary N) is 1. The van der Waals surface area contributed by atoms with E-state index in [1.807, 2.05) is 43.3 Å². The fourth-order valence-corrected chi connectivity index (χ4v) is 3.13. The third-order valence-corrected chi connectivity index (χ3v) is 5.47. The predicted molar refractivity (Wildman–Crippen MR) is 155 cm³/mol. The molecule has 0 aromatic heterocycles. The molecule has 0 amide bonds. The van der Waals surface area contributed by atoms with Gasteiger partial charge in [0.2, 0.25) is 0 Å². The number of benzene rings is 4. The van der Waals surface area contributed by atoms with Crippen molar-refractivity contribution >= 4 is 29.6 Å². The first-order valence-electron chi connectivity index (χ1n) is 12.2. The number of nitrogen functional groups attached to an aromatic ring is 1. The van der Waals surface area contributed by atoms with Crippen molar-refractivity contribution in [3.63, 3.8) is 0 Å². The van der Waals surface area contributed by atoms with Crippen LogP contribution in [-0.4, -0.2) is 32.4 Å². The highest BCUT2D eigenvalue weighted by Crippen LogP contribution is 2.12. The monoisotopic (exact) mass is 526 g/mol. The van der Waals surface area contributed by atoms with Crippen LogP contribution in [0.2, 0.25) is 0 Å². The molecule has 4 rings (SSSR count). The second-order valence-electron chi connectivity index (χ2n) is 8.55. The molecule has 0 aliphatic heterocycles. The zero-order chi connectivity index (χ0) is 28.6. The van der Waals surface area contributed by atoms with Gasteiger partial charge in [-0.1, -0.05) is 59.7 Å². The first-order chi connectivity index (χ1) is 18.7. The van der Waals surface area contributed by atoms with Crippen LogP contribution in [0.25, 0.3) is 0 Å². The predicted octanol–water partition coefficient (Wildman–Crippen LogP) is 6.26. The van der Waals surface area contributed by atoms with Crippen LogP contribution in [0.3, 0.4) is 0 Å². The van der Waals surface area contributed by atoms with E-state index in [2.05, 4.69) is 46.0 Å². The quantitative estimate of drug-likeness (QED) is 0.173. The molecule has 0 fully saturated rings. The summed E-state index contributed by atoms with van der Waals surface area (Å²) in [7, 11) is 2.70. The van der Waals surface area contributed by atoms with Gasteiger partial charge in [0, 0.05) is 23.5 Å². The van der Waals surface area contributed by atoms with Gasteiger partial charge >= 0.3 is 11.9 Å². The normalized spacial score (nSPS) is 9.54. The maximum Gasteiger partial charge on any atom is 0.337 e. The van der Waals surface area contributed by atoms with Gasteiger partial charge in [-0.3, -0.25) is 4.79 Å². The van der Waals surface area contributed by atoms with Crippen molar-refractivity contribution in [2.24, 2.45) is 0 Å². The first-order valence-corrected chi connectivity index (χ1v) is 12.2. The first kappa shape index (κ1) is 30.3. The molecule has 7 heteroatoms. The molecule has 0 aliphatic carbocycles. The summed E-state index contributed by atoms with van der Waals surface area (Å²) in [6, 6.07) is 29.7. The van der Waals surface area contributed by atoms with Crippen molar-refractivity contribution in [1.82, 2.24) is 0 Å². The van der Waals surface area contributed by atoms with Gasteiger partial charge in [-0.25, -0.2) is 9.59 Å². The van der Waals surface area contributed by atoms with Crippen molar-refractivity contribution < 1.29 is 23.9 Å². The SMILES string of the molecule is COC(=O)c1ccc(C=O)cc1.COC(=O)c1ccc(CNc2ccc(C)cc2)cc1.Cc1ccc(N)cc1. The van der Waals surface area contributed by atoms with Crippen LogP contribution in [-0.2, 0) is 16.0 Å². The Hall–Kier alpha value is -4.91. The highest BCUT2D eigenvalue weighted by atomic mass is 16.5. The largest absolute Gasteiger partial charge is 0.465 e. The van der Waals surface area contributed by atoms with E-state index in [-0.39, 0.29) is 5.97 Å². The number of anilines is 2. The van der Waals surface area contributed by atoms with Crippen LogP contribution in [0.5, 0.6) is 0 Å². The van der Waals surface area contributed by atoms with E-state index in [1.165, 1.54) is 25.3 Å². The molecule has 0 atom stereocenters. The van der Waals surface area contributed by atoms with E-state index in [0.717, 1.165) is 29.8 Å². The lowest BCUT2D eigenvalue weighted by Gasteiger charge is -2.07. The Labute approximate surface area is 229 Å². The average molecular weight is 527 g/mol. The van der Waals surface area contributed by atoms with Crippen LogP contribution < -0.4 is 11.1 Å². The third-order valence-electron chi connectivity index (χ3n) is 5.47. The lowest BCUT2D eigenvalue weighted by molar-refractivity contribution is 0.0592. The number of carbonyl (C=O) groups excluding carboxylic acids is 3. The minimum Gasteiger partial charge on any atom is -0.465 e. The molecule has 0 spiro atoms. The highest BCUT2D eigenvalue weighted by Gasteiger charge is 2.04. The fourth-order valence-electron chi connectivity index (χ4n) is 3.13. The summed E-state index contributed by atoms with van der Waals surface area (Å²) in [6.45, 7) is 4.83. The maximum absolute atomic E-state index is 11.3. The summed E-state index contributed by atoms with van der Waals surface area (Å²) in [5, 5.41) is 3.33. The lowest BCUT2D eigenvalue weighted by Crippen LogP contribution is -2.03. The van der Waals surface area contributed by atoms with Crippen LogP contribution >= 0.6 is 0 Å². The van der Waals surface area contributed by atoms with Gasteiger partial charge in [0.05, 0.1) is 25.3 Å². The Kier molecular flexibility index (Phi) is 12.5. The van der Waals surface area contributed by atoms with Gasteiger partial charge in [0.1, 0.15) is 6.29 Å². The van der Waals surface area contributed by atoms with Gasteiger partial charge in [0.15, 0.2) is 0 Å². The number of aryl methyl sites for hydroxylation is 2. The van der Waals surface area contributed by atoms with Gasteiger partial charge in [0.25, 0.3) is 0 Å². The van der Waals surface area contributed by atoms with E-state index in [4.69, 9.17) is 5.73 Å². The number of rotatable bonds is 6. The Balaban J connectivity index is 0.000000227. The fraction of sp³-hybridized carbons (Fsp3) is 0.156. The molecule has 4 aromatic rings. The van der Waals surface area contributed by atoms with Crippen LogP contribution in [0.4, 0.5) is 11.4 Å². The molecule has 0 radical (unpaired) electrons. The van der Waals surface area contributed by atoms with E-state index < -0.39 is 5.97 Å². The van der Waals surface area contributed by atoms with E-state index in [9.17, 15) is 14.4 Å². The number of nitrogens with one attached hydrogen (secondary N) is 1. The van der Waals surface area contributed by atoms with Gasteiger partial charge in [-0.2, -0.15) is 0 Å². The molecule has 4 aromatic carbocycles. The van der Waals surface area contributed by atoms with Crippen LogP contribution in [0.15, 0.2) is 97.1 Å². The molecule has 3 N–H and O–H groups in total. The van der Waals surface area contributed by atoms with Crippen LogP contribution in [0, 0.1) is 13.8 Å². The molecule has 39 heavy (non-hydrogen) atoms. The van der Waals surface area contributed by atoms with Crippen molar-refractivity contribution in [2.75, 3.05) is 25.3 Å². The molecular weight excluding hydrogens is 492 g/mol. The number of ether oxygens (including phenoxy) is 2. The standard InChI is InChI=1S/C16H17NO2.C9H8O3.C7H9N/c1-12-3-9-15(10-4-12)17-11-13-5-7-14(8-6-13)16(18)19-2;1-12-9(11)8-4-2-7(6-10)3-5-8;1-6-2-4-7(8)5-3-6/h3-10,17H,11H2,1-2H3;2-6H,1H3;2-5H,8H2,1H3. The summed E-state index contributed by atoms with van der Waals surface area (Å²) in [4.78, 5) is 32.4. The Morgan fingerprint density at radius 2 is 1.13 bits per heavy atom. The van der Waals surface area contributed by atoms with Gasteiger partial charge in [-0.05, 0) is 67.9 Å². The number of hydrogen-bond donors (Lipinski definition) is 2. The van der Waals surface area contributed by atoms with Gasteiger partial charge in [-0.15, -0.1) is 0 Å². The number of hydrogen-bond acceptors (Lipinski definition) is 7. The number of methoxy groups -OCH3 is 2. The van der Waals surface area contributed by atoms with E-state index in [0.29, 0.717) is 16.7 Å². The second-order valence-corrected chi connectivity index (χ2v) is 8.55. The van der Waals surface area contributed by atoms with Crippen molar-refractivity contribution in [3.05, 3.63) is 130 Å². The molecule has 0 unspecified atom stereocenters. The number of esters is 2. The van der Waals surface area contributed by atoms with Crippen molar-refractivity contribution in [1.29, 1.82) is 0 Å². The molecule has 0 saturated heterocycles. The summed E-state index contributed by atoms with van der Waals surface area (Å²) in [6.07, 6.45) is 0.723. The maximum atomic E-state index is 11.3. The number of aldehydes is 1. The summed E-state index contributed by atoms with van der Waals surface area (Å²) in [5.41, 5.74) is 12.5. The Bertz CT molecular complexity index is 1290. The second kappa shape index (κ2) is 16.0. The lowest BCUT2D eigenvalue weighted by atomic mass is 10.1. The minimum absolute atomic E-state index is 0.307. The van der Waals surface area contributed by atoms with Gasteiger partial charge < -0.3 is 20.5 Å². The Morgan fingerprint density at radius 1 is 0.692 bits per heavy atom. The summed E-state index contributed by atoms with van der Waals surface area (Å²) < 4.78 is 9.14. The molecule has 0 bridgehead atoms. The summed E-state index contributed by atoms with van der Waals surface area (Å²) >= 11 is 0. The smallest absolute Gasteiger partial charge is 0.337 e. The van der Waals surface area contributed by atoms with Crippen molar-refractivity contribution in [2.45, 2.75) is 20.4 Å². The zero-order valence-electron chi connectivity index (χ0n) is 22.6. The van der Waals surface area contributed by atoms with E-state index >= 15 is 0 Å². The molecule has 7 nitrogen and oxygen atoms in total. The molecule has 0 heterocycles. The highest BCUT2D eigenvalue weighted by molar-refractivity contribution is 5.90. The van der Waals surface area contributed by atoms with E-state index in [1.54, 1.807) is 36.4 Å². The number of carbonyl (C=O) groups is 3. The molecule has 202 valence electrons. The molecular formula is C32H34N2O5. The third kappa shape index (κ3) is 10.9. The topological polar surface area (TPSA) is 108 Å². The summed E-state index contributed by atoms with van der Waals surface area (Å²) in [5.74, 6) is -0.703. The zero-order valence-corrected chi connectivity index (χ0v) is 22.6.